The van der Waals surface area contributed by atoms with Crippen LogP contribution in [-0.4, -0.2) is 35.6 Å². The number of halogens is 1. The van der Waals surface area contributed by atoms with E-state index in [4.69, 9.17) is 16.1 Å². The molecule has 1 amide bonds. The summed E-state index contributed by atoms with van der Waals surface area (Å²) >= 11 is 6.09. The third-order valence-electron chi connectivity index (χ3n) is 3.98. The van der Waals surface area contributed by atoms with Crippen LogP contribution < -0.4 is 5.32 Å². The highest BCUT2D eigenvalue weighted by Gasteiger charge is 2.31. The molecule has 1 aliphatic heterocycles. The predicted molar refractivity (Wildman–Crippen MR) is 84.1 cm³/mol. The molecule has 22 heavy (non-hydrogen) atoms. The third-order valence-corrected chi connectivity index (χ3v) is 4.22. The quantitative estimate of drug-likeness (QED) is 0.924. The summed E-state index contributed by atoms with van der Waals surface area (Å²) in [4.78, 5) is 14.8. The van der Waals surface area contributed by atoms with Crippen LogP contribution >= 0.6 is 11.6 Å². The Kier molecular flexibility index (Phi) is 4.18. The first-order chi connectivity index (χ1) is 10.6. The van der Waals surface area contributed by atoms with E-state index in [0.717, 1.165) is 12.1 Å². The first kappa shape index (κ1) is 15.1. The maximum atomic E-state index is 12.9. The SMILES string of the molecule is Cc1noc(C)c1C(=O)N1CCNCC1c1cccc(Cl)c1. The maximum Gasteiger partial charge on any atom is 0.259 e. The van der Waals surface area contributed by atoms with Gasteiger partial charge in [0.15, 0.2) is 0 Å². The molecule has 116 valence electrons. The zero-order chi connectivity index (χ0) is 15.7. The van der Waals surface area contributed by atoms with Crippen molar-refractivity contribution in [1.29, 1.82) is 0 Å². The molecule has 1 aromatic heterocycles. The van der Waals surface area contributed by atoms with Crippen molar-refractivity contribution in [3.63, 3.8) is 0 Å². The summed E-state index contributed by atoms with van der Waals surface area (Å²) in [5.41, 5.74) is 2.22. The van der Waals surface area contributed by atoms with Crippen LogP contribution in [0.4, 0.5) is 0 Å². The topological polar surface area (TPSA) is 58.4 Å². The smallest absolute Gasteiger partial charge is 0.259 e. The molecule has 5 nitrogen and oxygen atoms in total. The predicted octanol–water partition coefficient (Wildman–Crippen LogP) is 2.73. The van der Waals surface area contributed by atoms with Crippen molar-refractivity contribution < 1.29 is 9.32 Å². The van der Waals surface area contributed by atoms with Crippen LogP contribution in [0.5, 0.6) is 0 Å². The molecule has 0 aliphatic carbocycles. The Labute approximate surface area is 134 Å². The van der Waals surface area contributed by atoms with Crippen LogP contribution in [-0.2, 0) is 0 Å². The molecule has 1 aliphatic rings. The van der Waals surface area contributed by atoms with Gasteiger partial charge in [0.2, 0.25) is 0 Å². The Morgan fingerprint density at radius 3 is 2.95 bits per heavy atom. The fourth-order valence-electron chi connectivity index (χ4n) is 2.89. The van der Waals surface area contributed by atoms with Gasteiger partial charge in [-0.05, 0) is 31.5 Å². The minimum absolute atomic E-state index is 0.0391. The van der Waals surface area contributed by atoms with Gasteiger partial charge < -0.3 is 14.7 Å². The van der Waals surface area contributed by atoms with Gasteiger partial charge in [-0.25, -0.2) is 0 Å². The van der Waals surface area contributed by atoms with Crippen LogP contribution in [0.15, 0.2) is 28.8 Å². The largest absolute Gasteiger partial charge is 0.361 e. The highest BCUT2D eigenvalue weighted by atomic mass is 35.5. The minimum Gasteiger partial charge on any atom is -0.361 e. The van der Waals surface area contributed by atoms with E-state index >= 15 is 0 Å². The fraction of sp³-hybridized carbons (Fsp3) is 0.375. The number of carbonyl (C=O) groups excluding carboxylic acids is 1. The van der Waals surface area contributed by atoms with Gasteiger partial charge in [-0.2, -0.15) is 0 Å². The molecule has 0 saturated carbocycles. The Balaban J connectivity index is 1.95. The van der Waals surface area contributed by atoms with E-state index in [9.17, 15) is 4.79 Å². The number of nitrogens with zero attached hydrogens (tertiary/aromatic N) is 2. The van der Waals surface area contributed by atoms with E-state index in [1.165, 1.54) is 0 Å². The highest BCUT2D eigenvalue weighted by molar-refractivity contribution is 6.30. The average Bonchev–Trinajstić information content (AvgIpc) is 2.85. The van der Waals surface area contributed by atoms with Crippen LogP contribution in [0.2, 0.25) is 5.02 Å². The number of hydrogen-bond acceptors (Lipinski definition) is 4. The highest BCUT2D eigenvalue weighted by Crippen LogP contribution is 2.27. The van der Waals surface area contributed by atoms with Gasteiger partial charge in [0.1, 0.15) is 11.3 Å². The van der Waals surface area contributed by atoms with Gasteiger partial charge in [0, 0.05) is 24.7 Å². The maximum absolute atomic E-state index is 12.9. The molecule has 3 rings (SSSR count). The van der Waals surface area contributed by atoms with E-state index in [1.807, 2.05) is 29.2 Å². The van der Waals surface area contributed by atoms with Crippen molar-refractivity contribution in [2.24, 2.45) is 0 Å². The fourth-order valence-corrected chi connectivity index (χ4v) is 3.09. The van der Waals surface area contributed by atoms with Gasteiger partial charge in [-0.15, -0.1) is 0 Å². The molecule has 2 aromatic rings. The first-order valence-corrected chi connectivity index (χ1v) is 7.65. The second-order valence-corrected chi connectivity index (χ2v) is 5.91. The molecular formula is C16H18ClN3O2. The summed E-state index contributed by atoms with van der Waals surface area (Å²) in [6.07, 6.45) is 0. The molecule has 2 heterocycles. The normalized spacial score (nSPS) is 18.5. The molecule has 1 fully saturated rings. The van der Waals surface area contributed by atoms with E-state index in [1.54, 1.807) is 13.8 Å². The summed E-state index contributed by atoms with van der Waals surface area (Å²) in [5, 5.41) is 7.89. The van der Waals surface area contributed by atoms with Crippen LogP contribution in [0.3, 0.4) is 0 Å². The number of aromatic nitrogens is 1. The number of benzene rings is 1. The molecular weight excluding hydrogens is 302 g/mol. The van der Waals surface area contributed by atoms with Crippen molar-refractivity contribution in [2.45, 2.75) is 19.9 Å². The van der Waals surface area contributed by atoms with Crippen molar-refractivity contribution in [3.05, 3.63) is 51.9 Å². The van der Waals surface area contributed by atoms with Gasteiger partial charge in [0.25, 0.3) is 5.91 Å². The molecule has 0 radical (unpaired) electrons. The molecule has 1 saturated heterocycles. The Morgan fingerprint density at radius 2 is 2.27 bits per heavy atom. The molecule has 6 heteroatoms. The monoisotopic (exact) mass is 319 g/mol. The third kappa shape index (κ3) is 2.74. The Hall–Kier alpha value is -1.85. The standard InChI is InChI=1S/C16H18ClN3O2/c1-10-15(11(2)22-19-10)16(21)20-7-6-18-9-14(20)12-4-3-5-13(17)8-12/h3-5,8,14,18H,6-7,9H2,1-2H3. The molecule has 1 atom stereocenters. The summed E-state index contributed by atoms with van der Waals surface area (Å²) in [6.45, 7) is 5.67. The lowest BCUT2D eigenvalue weighted by Gasteiger charge is -2.36. The van der Waals surface area contributed by atoms with E-state index in [0.29, 0.717) is 35.1 Å². The average molecular weight is 320 g/mol. The summed E-state index contributed by atoms with van der Waals surface area (Å²) in [7, 11) is 0. The zero-order valence-electron chi connectivity index (χ0n) is 12.6. The Morgan fingerprint density at radius 1 is 1.45 bits per heavy atom. The summed E-state index contributed by atoms with van der Waals surface area (Å²) in [5.74, 6) is 0.522. The Bertz CT molecular complexity index is 679. The van der Waals surface area contributed by atoms with Crippen LogP contribution in [0.1, 0.15) is 33.4 Å². The molecule has 0 bridgehead atoms. The van der Waals surface area contributed by atoms with Crippen molar-refractivity contribution in [2.75, 3.05) is 19.6 Å². The van der Waals surface area contributed by atoms with Crippen LogP contribution in [0, 0.1) is 13.8 Å². The minimum atomic E-state index is -0.0475. The molecule has 1 aromatic carbocycles. The van der Waals surface area contributed by atoms with E-state index in [2.05, 4.69) is 10.5 Å². The number of nitrogens with one attached hydrogen (secondary N) is 1. The first-order valence-electron chi connectivity index (χ1n) is 7.28. The van der Waals surface area contributed by atoms with Gasteiger partial charge >= 0.3 is 0 Å². The van der Waals surface area contributed by atoms with Gasteiger partial charge in [-0.1, -0.05) is 28.9 Å². The van der Waals surface area contributed by atoms with Crippen molar-refractivity contribution in [3.8, 4) is 0 Å². The lowest BCUT2D eigenvalue weighted by atomic mass is 10.0. The number of rotatable bonds is 2. The van der Waals surface area contributed by atoms with Crippen molar-refractivity contribution in [1.82, 2.24) is 15.4 Å². The molecule has 1 unspecified atom stereocenters. The summed E-state index contributed by atoms with van der Waals surface area (Å²) in [6, 6.07) is 7.60. The van der Waals surface area contributed by atoms with E-state index < -0.39 is 0 Å². The molecule has 1 N–H and O–H groups in total. The van der Waals surface area contributed by atoms with Gasteiger partial charge in [-0.3, -0.25) is 4.79 Å². The number of aryl methyl sites for hydroxylation is 2. The lowest BCUT2D eigenvalue weighted by Crippen LogP contribution is -2.48. The molecule has 0 spiro atoms. The lowest BCUT2D eigenvalue weighted by molar-refractivity contribution is 0.0632. The van der Waals surface area contributed by atoms with E-state index in [-0.39, 0.29) is 11.9 Å². The van der Waals surface area contributed by atoms with Gasteiger partial charge in [0.05, 0.1) is 11.7 Å². The van der Waals surface area contributed by atoms with Crippen molar-refractivity contribution >= 4 is 17.5 Å². The second-order valence-electron chi connectivity index (χ2n) is 5.47. The van der Waals surface area contributed by atoms with Crippen LogP contribution in [0.25, 0.3) is 0 Å². The number of amides is 1. The zero-order valence-corrected chi connectivity index (χ0v) is 13.4. The number of carbonyl (C=O) groups is 1. The number of hydrogen-bond donors (Lipinski definition) is 1. The summed E-state index contributed by atoms with van der Waals surface area (Å²) < 4.78 is 5.13. The second kappa shape index (κ2) is 6.10. The number of piperazine rings is 1.